The minimum absolute atomic E-state index is 0.0326. The lowest BCUT2D eigenvalue weighted by atomic mass is 9.89. The second-order valence-electron chi connectivity index (χ2n) is 6.10. The van der Waals surface area contributed by atoms with Crippen LogP contribution in [-0.4, -0.2) is 44.0 Å². The second-order valence-corrected chi connectivity index (χ2v) is 9.16. The van der Waals surface area contributed by atoms with Crippen LogP contribution in [0.5, 0.6) is 11.5 Å². The van der Waals surface area contributed by atoms with E-state index in [-0.39, 0.29) is 31.2 Å². The molecule has 156 valence electrons. The fraction of sp³-hybridized carbons (Fsp3) is 0. The molecule has 0 atom stereocenters. The van der Waals surface area contributed by atoms with Gasteiger partial charge in [-0.15, -0.1) is 0 Å². The minimum Gasteiger partial charge on any atom is -0.744 e. The molecule has 0 saturated carbocycles. The molecule has 5 N–H and O–H groups in total. The summed E-state index contributed by atoms with van der Waals surface area (Å²) in [6.07, 6.45) is 1.20. The van der Waals surface area contributed by atoms with E-state index in [0.717, 1.165) is 12.1 Å². The van der Waals surface area contributed by atoms with Crippen LogP contribution in [0.25, 0.3) is 5.57 Å². The Morgan fingerprint density at radius 2 is 1.63 bits per heavy atom. The van der Waals surface area contributed by atoms with E-state index < -0.39 is 43.8 Å². The number of phenols is 2. The van der Waals surface area contributed by atoms with Gasteiger partial charge >= 0.3 is 5.78 Å². The molecule has 2 aromatic rings. The summed E-state index contributed by atoms with van der Waals surface area (Å²) >= 11 is 6.09. The van der Waals surface area contributed by atoms with Gasteiger partial charge in [-0.1, -0.05) is 18.2 Å². The first-order valence-electron chi connectivity index (χ1n) is 8.01. The topological polar surface area (TPSA) is 160 Å². The summed E-state index contributed by atoms with van der Waals surface area (Å²) in [5, 5.41) is 40.4. The number of rotatable bonds is 3. The molecule has 0 fully saturated rings. The fourth-order valence-electron chi connectivity index (χ4n) is 2.88. The number of halogens is 2. The smallest absolute Gasteiger partial charge is 0.399 e. The quantitative estimate of drug-likeness (QED) is 0.253. The normalized spacial score (nSPS) is 16.5. The zero-order valence-corrected chi connectivity index (χ0v) is 18.7. The number of ketones is 1. The number of allylic oxidation sites excluding steroid dienone is 2. The van der Waals surface area contributed by atoms with Crippen LogP contribution in [0.15, 0.2) is 73.4 Å². The van der Waals surface area contributed by atoms with Crippen molar-refractivity contribution < 1.29 is 38.2 Å². The van der Waals surface area contributed by atoms with Crippen LogP contribution in [0.3, 0.4) is 0 Å². The molecule has 11 heteroatoms. The zero-order valence-electron chi connectivity index (χ0n) is 14.7. The molecule has 0 amide bonds. The Bertz CT molecular complexity index is 1270. The predicted octanol–water partition coefficient (Wildman–Crippen LogP) is 3.73. The van der Waals surface area contributed by atoms with Crippen LogP contribution in [0.4, 0.5) is 0 Å². The van der Waals surface area contributed by atoms with Gasteiger partial charge in [0.1, 0.15) is 14.6 Å². The summed E-state index contributed by atoms with van der Waals surface area (Å²) in [6.45, 7) is 0. The van der Waals surface area contributed by atoms with Gasteiger partial charge in [-0.2, -0.15) is 0 Å². The number of hydrogen-bond donors (Lipinski definition) is 4. The van der Waals surface area contributed by atoms with Crippen LogP contribution < -0.4 is 0 Å². The second kappa shape index (κ2) is 7.91. The highest BCUT2D eigenvalue weighted by atomic mass is 79.9. The van der Waals surface area contributed by atoms with E-state index in [4.69, 9.17) is 0 Å². The molecular formula is C19H12Br2O8S. The van der Waals surface area contributed by atoms with E-state index in [1.165, 1.54) is 30.3 Å². The molecule has 0 aliphatic heterocycles. The van der Waals surface area contributed by atoms with Crippen molar-refractivity contribution in [3.63, 3.8) is 0 Å². The molecule has 1 aliphatic rings. The van der Waals surface area contributed by atoms with Gasteiger partial charge in [0.15, 0.2) is 17.3 Å². The molecule has 8 nitrogen and oxygen atoms in total. The van der Waals surface area contributed by atoms with Gasteiger partial charge in [-0.25, -0.2) is 8.42 Å². The molecule has 0 bridgehead atoms. The van der Waals surface area contributed by atoms with Crippen LogP contribution >= 0.6 is 31.9 Å². The number of carbonyl (C=O) groups excluding carboxylic acids is 1. The highest BCUT2D eigenvalue weighted by Gasteiger charge is 2.33. The molecule has 30 heavy (non-hydrogen) atoms. The molecule has 0 radical (unpaired) electrons. The fourth-order valence-corrected chi connectivity index (χ4v) is 4.43. The van der Waals surface area contributed by atoms with Gasteiger partial charge in [0.05, 0.1) is 9.37 Å². The third kappa shape index (κ3) is 3.88. The zero-order chi connectivity index (χ0) is 22.4. The van der Waals surface area contributed by atoms with Crippen molar-refractivity contribution in [3.05, 3.63) is 79.6 Å². The molecule has 0 spiro atoms. The van der Waals surface area contributed by atoms with Crippen LogP contribution in [0.2, 0.25) is 0 Å². The van der Waals surface area contributed by atoms with Crippen molar-refractivity contribution in [1.29, 1.82) is 0 Å². The number of hydrogen-bond acceptors (Lipinski definition) is 7. The first-order chi connectivity index (χ1) is 13.9. The predicted molar refractivity (Wildman–Crippen MR) is 114 cm³/mol. The summed E-state index contributed by atoms with van der Waals surface area (Å²) in [5.74, 6) is -3.40. The van der Waals surface area contributed by atoms with Gasteiger partial charge in [-0.3, -0.25) is 4.79 Å². The van der Waals surface area contributed by atoms with E-state index in [0.29, 0.717) is 0 Å². The average Bonchev–Trinajstić information content (AvgIpc) is 2.68. The Morgan fingerprint density at radius 3 is 2.23 bits per heavy atom. The highest BCUT2D eigenvalue weighted by Crippen LogP contribution is 2.42. The van der Waals surface area contributed by atoms with Crippen molar-refractivity contribution in [2.24, 2.45) is 0 Å². The maximum atomic E-state index is 11.9. The molecule has 2 aromatic carbocycles. The molecule has 0 unspecified atom stereocenters. The van der Waals surface area contributed by atoms with Crippen LogP contribution in [0, 0.1) is 0 Å². The van der Waals surface area contributed by atoms with Gasteiger partial charge in [0, 0.05) is 16.7 Å². The Hall–Kier alpha value is -2.60. The number of aliphatic hydroxyl groups excluding tert-OH is 2. The monoisotopic (exact) mass is 558 g/mol. The first-order valence-corrected chi connectivity index (χ1v) is 11.0. The van der Waals surface area contributed by atoms with Crippen molar-refractivity contribution in [2.75, 3.05) is 0 Å². The van der Waals surface area contributed by atoms with Crippen molar-refractivity contribution >= 4 is 53.3 Å². The third-order valence-electron chi connectivity index (χ3n) is 4.23. The van der Waals surface area contributed by atoms with E-state index in [1.807, 2.05) is 0 Å². The molecular weight excluding hydrogens is 548 g/mol. The lowest BCUT2D eigenvalue weighted by molar-refractivity contribution is 0.349. The van der Waals surface area contributed by atoms with Gasteiger partial charge < -0.3 is 25.0 Å². The van der Waals surface area contributed by atoms with E-state index in [9.17, 15) is 38.2 Å². The largest absolute Gasteiger partial charge is 0.744 e. The molecule has 0 heterocycles. The van der Waals surface area contributed by atoms with Gasteiger partial charge in [-0.05, 0) is 61.7 Å². The van der Waals surface area contributed by atoms with Crippen molar-refractivity contribution in [3.8, 4) is 11.5 Å². The van der Waals surface area contributed by atoms with Gasteiger partial charge in [0.2, 0.25) is 0 Å². The molecule has 0 aromatic heterocycles. The van der Waals surface area contributed by atoms with Crippen molar-refractivity contribution in [2.45, 2.75) is 4.90 Å². The number of benzene rings is 2. The van der Waals surface area contributed by atoms with Crippen LogP contribution in [0.1, 0.15) is 11.1 Å². The summed E-state index contributed by atoms with van der Waals surface area (Å²) in [7, 11) is -4.96. The van der Waals surface area contributed by atoms with E-state index in [1.54, 1.807) is 0 Å². The van der Waals surface area contributed by atoms with Gasteiger partial charge in [0.25, 0.3) is 5.76 Å². The lowest BCUT2D eigenvalue weighted by Crippen LogP contribution is -2.14. The van der Waals surface area contributed by atoms with E-state index in [2.05, 4.69) is 31.9 Å². The first kappa shape index (κ1) is 22.1. The Balaban J connectivity index is 2.53. The minimum atomic E-state index is -4.96. The number of aliphatic hydroxyl groups is 2. The highest BCUT2D eigenvalue weighted by molar-refractivity contribution is 9.12. The summed E-state index contributed by atoms with van der Waals surface area (Å²) in [4.78, 5) is 9.23. The summed E-state index contributed by atoms with van der Waals surface area (Å²) < 4.78 is 35.6. The Labute approximate surface area is 187 Å². The maximum Gasteiger partial charge on any atom is 0.399 e. The standard InChI is InChI=1S/C19H12Br2O8S/c20-11-5-8(6-13(22)17(11)24)15(9-3-1-2-4-14(9)30(27,28)29)10-7-12(21)18(25)19(26)16(10)23/h1-7,22-24,26H,(H,27,28,29)/b15-10+. The molecule has 1 aliphatic carbocycles. The Morgan fingerprint density at radius 1 is 1.00 bits per heavy atom. The number of phenolic OH excluding ortho intramolecular Hbond substituents is 2. The summed E-state index contributed by atoms with van der Waals surface area (Å²) in [6, 6.07) is 7.55. The maximum absolute atomic E-state index is 11.9. The van der Waals surface area contributed by atoms with Crippen LogP contribution in [-0.2, 0) is 10.1 Å². The SMILES string of the molecule is O=S(=O)([O-])c1ccccc1/C(=C1\C=C(Br)C(=[OH+])C(O)=C1O)c1cc(O)c(O)c(Br)c1. The summed E-state index contributed by atoms with van der Waals surface area (Å²) in [5.41, 5.74) is -0.294. The molecule has 3 rings (SSSR count). The Kier molecular flexibility index (Phi) is 5.83. The van der Waals surface area contributed by atoms with Crippen molar-refractivity contribution in [1.82, 2.24) is 0 Å². The lowest BCUT2D eigenvalue weighted by Gasteiger charge is -2.20. The van der Waals surface area contributed by atoms with E-state index >= 15 is 0 Å². The number of aromatic hydroxyl groups is 2. The third-order valence-corrected chi connectivity index (χ3v) is 6.33. The molecule has 0 saturated heterocycles. The average molecular weight is 560 g/mol.